The smallest absolute Gasteiger partial charge is 0.258 e. The third-order valence-electron chi connectivity index (χ3n) is 5.73. The number of rotatable bonds is 7. The van der Waals surface area contributed by atoms with Crippen LogP contribution in [0.4, 0.5) is 0 Å². The molecule has 0 saturated carbocycles. The Morgan fingerprint density at radius 2 is 1.80 bits per heavy atom. The van der Waals surface area contributed by atoms with Crippen LogP contribution >= 0.6 is 11.6 Å². The van der Waals surface area contributed by atoms with Gasteiger partial charge < -0.3 is 10.1 Å². The predicted octanol–water partition coefficient (Wildman–Crippen LogP) is 5.28. The molecule has 1 atom stereocenters. The van der Waals surface area contributed by atoms with Crippen LogP contribution < -0.4 is 10.1 Å². The summed E-state index contributed by atoms with van der Waals surface area (Å²) in [7, 11) is 0. The fourth-order valence-electron chi connectivity index (χ4n) is 3.83. The minimum absolute atomic E-state index is 0.00322. The van der Waals surface area contributed by atoms with Crippen molar-refractivity contribution < 1.29 is 9.53 Å². The quantitative estimate of drug-likeness (QED) is 0.652. The zero-order chi connectivity index (χ0) is 21.7. The van der Waals surface area contributed by atoms with Gasteiger partial charge in [0, 0.05) is 11.6 Å². The maximum atomic E-state index is 12.4. The standard InChI is InChI=1S/C25H33ClN2O2/c1-18-15-21(11-12-22(18)26)30-17-24(29)27-16-23(28-13-5-6-14-28)19-7-9-20(10-8-19)25(2,3)4/h7-12,15,23H,5-6,13-14,16-17H2,1-4H3,(H,27,29). The van der Waals surface area contributed by atoms with E-state index in [1.165, 1.54) is 24.0 Å². The highest BCUT2D eigenvalue weighted by Gasteiger charge is 2.24. The molecule has 1 aliphatic rings. The molecule has 30 heavy (non-hydrogen) atoms. The first-order valence-electron chi connectivity index (χ1n) is 10.7. The van der Waals surface area contributed by atoms with Crippen molar-refractivity contribution in [2.75, 3.05) is 26.2 Å². The molecule has 1 unspecified atom stereocenters. The molecule has 0 aromatic heterocycles. The molecule has 1 fully saturated rings. The molecule has 2 aromatic rings. The number of amides is 1. The molecule has 162 valence electrons. The molecule has 2 aromatic carbocycles. The van der Waals surface area contributed by atoms with Crippen molar-refractivity contribution in [1.29, 1.82) is 0 Å². The molecule has 0 aliphatic carbocycles. The van der Waals surface area contributed by atoms with E-state index in [1.54, 1.807) is 12.1 Å². The number of hydrogen-bond donors (Lipinski definition) is 1. The van der Waals surface area contributed by atoms with Gasteiger partial charge in [-0.3, -0.25) is 9.69 Å². The third-order valence-corrected chi connectivity index (χ3v) is 6.16. The lowest BCUT2D eigenvalue weighted by Gasteiger charge is -2.29. The van der Waals surface area contributed by atoms with Crippen LogP contribution in [0.25, 0.3) is 0 Å². The van der Waals surface area contributed by atoms with E-state index in [2.05, 4.69) is 55.3 Å². The Labute approximate surface area is 185 Å². The fourth-order valence-corrected chi connectivity index (χ4v) is 3.95. The second-order valence-corrected chi connectivity index (χ2v) is 9.54. The monoisotopic (exact) mass is 428 g/mol. The number of aryl methyl sites for hydroxylation is 1. The molecule has 1 heterocycles. The summed E-state index contributed by atoms with van der Waals surface area (Å²) in [5, 5.41) is 3.76. The van der Waals surface area contributed by atoms with Crippen molar-refractivity contribution in [2.45, 2.75) is 52.0 Å². The average Bonchev–Trinajstić information content (AvgIpc) is 3.23. The minimum atomic E-state index is -0.113. The van der Waals surface area contributed by atoms with Gasteiger partial charge in [0.1, 0.15) is 5.75 Å². The van der Waals surface area contributed by atoms with Crippen LogP contribution in [-0.2, 0) is 10.2 Å². The van der Waals surface area contributed by atoms with Crippen LogP contribution in [0, 0.1) is 6.92 Å². The van der Waals surface area contributed by atoms with Crippen molar-refractivity contribution in [3.8, 4) is 5.75 Å². The van der Waals surface area contributed by atoms with Crippen LogP contribution in [-0.4, -0.2) is 37.0 Å². The van der Waals surface area contributed by atoms with E-state index >= 15 is 0 Å². The number of ether oxygens (including phenoxy) is 1. The Balaban J connectivity index is 1.61. The Kier molecular flexibility index (Phi) is 7.43. The zero-order valence-electron chi connectivity index (χ0n) is 18.5. The summed E-state index contributed by atoms with van der Waals surface area (Å²) in [5.41, 5.74) is 3.64. The van der Waals surface area contributed by atoms with Crippen LogP contribution in [0.3, 0.4) is 0 Å². The highest BCUT2D eigenvalue weighted by Crippen LogP contribution is 2.28. The van der Waals surface area contributed by atoms with E-state index in [0.717, 1.165) is 18.7 Å². The third kappa shape index (κ3) is 5.99. The summed E-state index contributed by atoms with van der Waals surface area (Å²) in [6.07, 6.45) is 2.42. The molecule has 1 N–H and O–H groups in total. The van der Waals surface area contributed by atoms with Crippen molar-refractivity contribution in [3.05, 3.63) is 64.2 Å². The Morgan fingerprint density at radius 1 is 1.13 bits per heavy atom. The molecule has 4 nitrogen and oxygen atoms in total. The highest BCUT2D eigenvalue weighted by molar-refractivity contribution is 6.31. The summed E-state index contributed by atoms with van der Waals surface area (Å²) >= 11 is 6.04. The number of likely N-dealkylation sites (tertiary alicyclic amines) is 1. The number of carbonyl (C=O) groups excluding carboxylic acids is 1. The first-order valence-corrected chi connectivity index (χ1v) is 11.1. The lowest BCUT2D eigenvalue weighted by Crippen LogP contribution is -2.38. The SMILES string of the molecule is Cc1cc(OCC(=O)NCC(c2ccc(C(C)(C)C)cc2)N2CCCC2)ccc1Cl. The highest BCUT2D eigenvalue weighted by atomic mass is 35.5. The zero-order valence-corrected chi connectivity index (χ0v) is 19.3. The van der Waals surface area contributed by atoms with Gasteiger partial charge in [-0.2, -0.15) is 0 Å². The molecule has 1 saturated heterocycles. The summed E-state index contributed by atoms with van der Waals surface area (Å²) < 4.78 is 5.64. The van der Waals surface area contributed by atoms with E-state index in [-0.39, 0.29) is 24.0 Å². The molecule has 0 spiro atoms. The number of benzene rings is 2. The van der Waals surface area contributed by atoms with Gasteiger partial charge in [-0.25, -0.2) is 0 Å². The summed E-state index contributed by atoms with van der Waals surface area (Å²) in [6, 6.07) is 14.5. The van der Waals surface area contributed by atoms with Crippen LogP contribution in [0.5, 0.6) is 5.75 Å². The van der Waals surface area contributed by atoms with Gasteiger partial charge in [-0.15, -0.1) is 0 Å². The lowest BCUT2D eigenvalue weighted by molar-refractivity contribution is -0.123. The van der Waals surface area contributed by atoms with Gasteiger partial charge in [-0.1, -0.05) is 56.6 Å². The van der Waals surface area contributed by atoms with Crippen molar-refractivity contribution in [1.82, 2.24) is 10.2 Å². The molecular formula is C25H33ClN2O2. The number of halogens is 1. The van der Waals surface area contributed by atoms with Crippen molar-refractivity contribution in [2.24, 2.45) is 0 Å². The summed E-state index contributed by atoms with van der Waals surface area (Å²) in [5.74, 6) is 0.541. The van der Waals surface area contributed by atoms with E-state index in [9.17, 15) is 4.79 Å². The number of carbonyl (C=O) groups is 1. The van der Waals surface area contributed by atoms with E-state index < -0.39 is 0 Å². The van der Waals surface area contributed by atoms with E-state index in [1.807, 2.05) is 13.0 Å². The Bertz CT molecular complexity index is 852. The topological polar surface area (TPSA) is 41.6 Å². The Hall–Kier alpha value is -2.04. The van der Waals surface area contributed by atoms with E-state index in [0.29, 0.717) is 17.3 Å². The molecule has 0 radical (unpaired) electrons. The second kappa shape index (κ2) is 9.84. The molecule has 3 rings (SSSR count). The average molecular weight is 429 g/mol. The van der Waals surface area contributed by atoms with Crippen molar-refractivity contribution in [3.63, 3.8) is 0 Å². The van der Waals surface area contributed by atoms with Crippen molar-refractivity contribution >= 4 is 17.5 Å². The van der Waals surface area contributed by atoms with Gasteiger partial charge in [0.05, 0.1) is 6.04 Å². The molecule has 0 bridgehead atoms. The molecular weight excluding hydrogens is 396 g/mol. The summed E-state index contributed by atoms with van der Waals surface area (Å²) in [4.78, 5) is 14.9. The number of nitrogens with one attached hydrogen (secondary N) is 1. The van der Waals surface area contributed by atoms with Gasteiger partial charge in [0.15, 0.2) is 6.61 Å². The van der Waals surface area contributed by atoms with Crippen LogP contribution in [0.15, 0.2) is 42.5 Å². The summed E-state index contributed by atoms with van der Waals surface area (Å²) in [6.45, 7) is 11.3. The number of nitrogens with zero attached hydrogens (tertiary/aromatic N) is 1. The Morgan fingerprint density at radius 3 is 2.40 bits per heavy atom. The maximum Gasteiger partial charge on any atom is 0.258 e. The largest absolute Gasteiger partial charge is 0.484 e. The predicted molar refractivity (Wildman–Crippen MR) is 123 cm³/mol. The molecule has 1 aliphatic heterocycles. The van der Waals surface area contributed by atoms with Gasteiger partial charge in [-0.05, 0) is 73.2 Å². The van der Waals surface area contributed by atoms with Gasteiger partial charge in [0.25, 0.3) is 5.91 Å². The molecule has 5 heteroatoms. The normalized spacial score (nSPS) is 15.8. The maximum absolute atomic E-state index is 12.4. The first-order chi connectivity index (χ1) is 14.2. The number of hydrogen-bond acceptors (Lipinski definition) is 3. The van der Waals surface area contributed by atoms with Crippen LogP contribution in [0.1, 0.15) is 56.3 Å². The van der Waals surface area contributed by atoms with Gasteiger partial charge >= 0.3 is 0 Å². The van der Waals surface area contributed by atoms with E-state index in [4.69, 9.17) is 16.3 Å². The lowest BCUT2D eigenvalue weighted by atomic mass is 9.86. The van der Waals surface area contributed by atoms with Gasteiger partial charge in [0.2, 0.25) is 0 Å². The first kappa shape index (κ1) is 22.6. The minimum Gasteiger partial charge on any atom is -0.484 e. The van der Waals surface area contributed by atoms with Crippen LogP contribution in [0.2, 0.25) is 5.02 Å². The fraction of sp³-hybridized carbons (Fsp3) is 0.480. The molecule has 1 amide bonds. The second-order valence-electron chi connectivity index (χ2n) is 9.13.